The van der Waals surface area contributed by atoms with Crippen molar-refractivity contribution in [2.24, 2.45) is 0 Å². The van der Waals surface area contributed by atoms with Crippen LogP contribution in [-0.4, -0.2) is 33.6 Å². The first-order valence-corrected chi connectivity index (χ1v) is 10.9. The van der Waals surface area contributed by atoms with E-state index in [1.54, 1.807) is 24.4 Å². The Morgan fingerprint density at radius 1 is 1.09 bits per heavy atom. The maximum atomic E-state index is 12.3. The van der Waals surface area contributed by atoms with Crippen LogP contribution < -0.4 is 10.1 Å². The lowest BCUT2D eigenvalue weighted by Gasteiger charge is -2.13. The molecule has 0 aliphatic carbocycles. The summed E-state index contributed by atoms with van der Waals surface area (Å²) in [6.07, 6.45) is 2.21. The molecule has 0 aliphatic rings. The van der Waals surface area contributed by atoms with Gasteiger partial charge in [0.05, 0.1) is 17.6 Å². The number of fused-ring (bicyclic) bond motifs is 1. The monoisotopic (exact) mass is 448 g/mol. The van der Waals surface area contributed by atoms with Gasteiger partial charge in [0.15, 0.2) is 0 Å². The van der Waals surface area contributed by atoms with E-state index in [2.05, 4.69) is 20.9 Å². The first-order chi connectivity index (χ1) is 15.5. The molecular weight excluding hydrogens is 424 g/mol. The normalized spacial score (nSPS) is 11.0. The van der Waals surface area contributed by atoms with Gasteiger partial charge < -0.3 is 14.6 Å². The Bertz CT molecular complexity index is 1210. The van der Waals surface area contributed by atoms with Crippen molar-refractivity contribution in [2.45, 2.75) is 26.8 Å². The minimum atomic E-state index is -0.190. The zero-order chi connectivity index (χ0) is 22.5. The molecule has 4 rings (SSSR count). The molecule has 0 atom stereocenters. The predicted molar refractivity (Wildman–Crippen MR) is 126 cm³/mol. The zero-order valence-corrected chi connectivity index (χ0v) is 18.9. The molecule has 0 fully saturated rings. The number of halogens is 1. The molecule has 2 aromatic carbocycles. The number of benzene rings is 2. The molecule has 0 unspecified atom stereocenters. The highest BCUT2D eigenvalue weighted by atomic mass is 35.5. The van der Waals surface area contributed by atoms with E-state index in [9.17, 15) is 4.79 Å². The van der Waals surface area contributed by atoms with Crippen LogP contribution in [-0.2, 0) is 13.0 Å². The minimum Gasteiger partial charge on any atom is -0.492 e. The summed E-state index contributed by atoms with van der Waals surface area (Å²) in [7, 11) is 0. The molecule has 0 radical (unpaired) electrons. The van der Waals surface area contributed by atoms with Gasteiger partial charge in [-0.15, -0.1) is 0 Å². The molecule has 4 aromatic rings. The van der Waals surface area contributed by atoms with E-state index in [1.807, 2.05) is 44.2 Å². The van der Waals surface area contributed by atoms with Crippen LogP contribution >= 0.6 is 11.6 Å². The van der Waals surface area contributed by atoms with E-state index in [-0.39, 0.29) is 5.91 Å². The van der Waals surface area contributed by atoms with Crippen molar-refractivity contribution in [1.29, 1.82) is 0 Å². The van der Waals surface area contributed by atoms with Crippen LogP contribution in [0.5, 0.6) is 5.75 Å². The molecule has 0 aliphatic heterocycles. The number of aryl methyl sites for hydroxylation is 2. The first-order valence-electron chi connectivity index (χ1n) is 10.6. The van der Waals surface area contributed by atoms with Gasteiger partial charge in [0, 0.05) is 24.2 Å². The highest BCUT2D eigenvalue weighted by molar-refractivity contribution is 6.32. The van der Waals surface area contributed by atoms with Gasteiger partial charge in [0.1, 0.15) is 23.9 Å². The van der Waals surface area contributed by atoms with Gasteiger partial charge in [-0.25, -0.2) is 4.98 Å². The highest BCUT2D eigenvalue weighted by Crippen LogP contribution is 2.26. The maximum Gasteiger partial charge on any atom is 0.269 e. The van der Waals surface area contributed by atoms with E-state index < -0.39 is 0 Å². The number of amides is 1. The van der Waals surface area contributed by atoms with Gasteiger partial charge in [-0.1, -0.05) is 29.8 Å². The Hall–Kier alpha value is -3.38. The standard InChI is InChI=1S/C25H25ClN4O2/c1-17-15-19(16-18(2)24(17)26)32-14-13-30-22-9-4-3-7-20(22)29-23(30)10-12-28-25(31)21-8-5-6-11-27-21/h3-9,11,15-16H,10,12-14H2,1-2H3,(H,28,31). The number of aromatic nitrogens is 3. The first kappa shape index (κ1) is 21.8. The molecule has 2 heterocycles. The number of carbonyl (C=O) groups excluding carboxylic acids is 1. The molecule has 0 saturated heterocycles. The number of nitrogens with zero attached hydrogens (tertiary/aromatic N) is 3. The molecule has 1 N–H and O–H groups in total. The van der Waals surface area contributed by atoms with Crippen LogP contribution in [0.1, 0.15) is 27.4 Å². The fourth-order valence-electron chi connectivity index (χ4n) is 3.69. The Morgan fingerprint density at radius 2 is 1.84 bits per heavy atom. The molecule has 164 valence electrons. The lowest BCUT2D eigenvalue weighted by atomic mass is 10.1. The zero-order valence-electron chi connectivity index (χ0n) is 18.1. The van der Waals surface area contributed by atoms with E-state index >= 15 is 0 Å². The van der Waals surface area contributed by atoms with Gasteiger partial charge in [-0.05, 0) is 61.4 Å². The number of ether oxygens (including phenoxy) is 1. The second kappa shape index (κ2) is 9.83. The third-order valence-electron chi connectivity index (χ3n) is 5.26. The molecule has 6 nitrogen and oxygen atoms in total. The van der Waals surface area contributed by atoms with Gasteiger partial charge in [-0.2, -0.15) is 0 Å². The van der Waals surface area contributed by atoms with E-state index in [4.69, 9.17) is 21.3 Å². The quantitative estimate of drug-likeness (QED) is 0.422. The molecule has 0 saturated carbocycles. The Balaban J connectivity index is 1.44. The lowest BCUT2D eigenvalue weighted by Crippen LogP contribution is -2.27. The van der Waals surface area contributed by atoms with Crippen molar-refractivity contribution in [2.75, 3.05) is 13.2 Å². The largest absolute Gasteiger partial charge is 0.492 e. The Kier molecular flexibility index (Phi) is 6.71. The van der Waals surface area contributed by atoms with E-state index in [0.29, 0.717) is 31.8 Å². The van der Waals surface area contributed by atoms with Crippen molar-refractivity contribution in [3.05, 3.63) is 88.5 Å². The maximum absolute atomic E-state index is 12.3. The number of nitrogens with one attached hydrogen (secondary N) is 1. The van der Waals surface area contributed by atoms with Gasteiger partial charge in [-0.3, -0.25) is 9.78 Å². The smallest absolute Gasteiger partial charge is 0.269 e. The SMILES string of the molecule is Cc1cc(OCCn2c(CCNC(=O)c3ccccn3)nc3ccccc32)cc(C)c1Cl. The summed E-state index contributed by atoms with van der Waals surface area (Å²) in [6.45, 7) is 5.56. The predicted octanol–water partition coefficient (Wildman–Crippen LogP) is 4.75. The summed E-state index contributed by atoms with van der Waals surface area (Å²) in [5.74, 6) is 1.52. The van der Waals surface area contributed by atoms with Crippen LogP contribution in [0.3, 0.4) is 0 Å². The third kappa shape index (κ3) is 4.92. The van der Waals surface area contributed by atoms with Crippen LogP contribution in [0.15, 0.2) is 60.8 Å². The fraction of sp³-hybridized carbons (Fsp3) is 0.240. The van der Waals surface area contributed by atoms with Crippen molar-refractivity contribution >= 4 is 28.5 Å². The summed E-state index contributed by atoms with van der Waals surface area (Å²) in [5, 5.41) is 3.69. The van der Waals surface area contributed by atoms with Crippen LogP contribution in [0.25, 0.3) is 11.0 Å². The molecular formula is C25H25ClN4O2. The third-order valence-corrected chi connectivity index (χ3v) is 5.86. The van der Waals surface area contributed by atoms with Crippen molar-refractivity contribution in [3.8, 4) is 5.75 Å². The average Bonchev–Trinajstić information content (AvgIpc) is 3.15. The summed E-state index contributed by atoms with van der Waals surface area (Å²) in [5.41, 5.74) is 4.38. The van der Waals surface area contributed by atoms with Crippen molar-refractivity contribution < 1.29 is 9.53 Å². The summed E-state index contributed by atoms with van der Waals surface area (Å²) in [4.78, 5) is 21.1. The second-order valence-electron chi connectivity index (χ2n) is 7.61. The van der Waals surface area contributed by atoms with Crippen LogP contribution in [0.4, 0.5) is 0 Å². The number of carbonyl (C=O) groups is 1. The average molecular weight is 449 g/mol. The number of hydrogen-bond donors (Lipinski definition) is 1. The lowest BCUT2D eigenvalue weighted by molar-refractivity contribution is 0.0949. The van der Waals surface area contributed by atoms with Crippen LogP contribution in [0.2, 0.25) is 5.02 Å². The number of para-hydroxylation sites is 2. The summed E-state index contributed by atoms with van der Waals surface area (Å²) >= 11 is 6.26. The topological polar surface area (TPSA) is 69.0 Å². The fourth-order valence-corrected chi connectivity index (χ4v) is 3.79. The van der Waals surface area contributed by atoms with E-state index in [0.717, 1.165) is 38.8 Å². The molecule has 0 bridgehead atoms. The van der Waals surface area contributed by atoms with Crippen molar-refractivity contribution in [1.82, 2.24) is 19.9 Å². The molecule has 2 aromatic heterocycles. The van der Waals surface area contributed by atoms with Crippen LogP contribution in [0, 0.1) is 13.8 Å². The second-order valence-corrected chi connectivity index (χ2v) is 7.99. The Morgan fingerprint density at radius 3 is 2.59 bits per heavy atom. The summed E-state index contributed by atoms with van der Waals surface area (Å²) in [6, 6.07) is 17.2. The molecule has 7 heteroatoms. The summed E-state index contributed by atoms with van der Waals surface area (Å²) < 4.78 is 8.17. The van der Waals surface area contributed by atoms with Crippen molar-refractivity contribution in [3.63, 3.8) is 0 Å². The number of pyridine rings is 1. The molecule has 1 amide bonds. The molecule has 32 heavy (non-hydrogen) atoms. The number of rotatable bonds is 8. The highest BCUT2D eigenvalue weighted by Gasteiger charge is 2.12. The van der Waals surface area contributed by atoms with Gasteiger partial charge in [0.25, 0.3) is 5.91 Å². The number of hydrogen-bond acceptors (Lipinski definition) is 4. The minimum absolute atomic E-state index is 0.190. The number of imidazole rings is 1. The molecule has 0 spiro atoms. The van der Waals surface area contributed by atoms with Gasteiger partial charge in [0.2, 0.25) is 0 Å². The van der Waals surface area contributed by atoms with E-state index in [1.165, 1.54) is 0 Å². The Labute approximate surface area is 192 Å². The van der Waals surface area contributed by atoms with Gasteiger partial charge >= 0.3 is 0 Å².